The average Bonchev–Trinajstić information content (AvgIpc) is 3.31. The number of anilines is 1. The molecule has 0 unspecified atom stereocenters. The van der Waals surface area contributed by atoms with Crippen molar-refractivity contribution in [3.05, 3.63) is 59.7 Å². The molecule has 2 aliphatic rings. The van der Waals surface area contributed by atoms with E-state index >= 15 is 0 Å². The maximum Gasteiger partial charge on any atom is 0.231 e. The minimum atomic E-state index is -3.33. The van der Waals surface area contributed by atoms with Crippen LogP contribution in [0.1, 0.15) is 55.7 Å². The lowest BCUT2D eigenvalue weighted by molar-refractivity contribution is 0.206. The Balaban J connectivity index is 0.00000204. The van der Waals surface area contributed by atoms with Gasteiger partial charge in [-0.25, -0.2) is 8.42 Å². The normalized spacial score (nSPS) is 20.2. The average molecular weight is 549 g/mol. The number of ether oxygens (including phenoxy) is 1. The van der Waals surface area contributed by atoms with Crippen LogP contribution in [0.25, 0.3) is 0 Å². The molecule has 4 rings (SSSR count). The Morgan fingerprint density at radius 1 is 1.03 bits per heavy atom. The fourth-order valence-electron chi connectivity index (χ4n) is 4.75. The SMILES string of the molecule is CN(c1ccc(OC2CCCC2)c(CN[C@@H]2CCCN[C@@H]2c2ccccc2)c1)S(C)(=O)=O.Cl.Cl.O. The van der Waals surface area contributed by atoms with Crippen LogP contribution >= 0.6 is 24.8 Å². The zero-order chi connectivity index (χ0) is 22.6. The zero-order valence-corrected chi connectivity index (χ0v) is 22.9. The number of nitrogens with one attached hydrogen (secondary N) is 2. The van der Waals surface area contributed by atoms with Crippen molar-refractivity contribution in [1.82, 2.24) is 10.6 Å². The van der Waals surface area contributed by atoms with E-state index < -0.39 is 10.0 Å². The summed E-state index contributed by atoms with van der Waals surface area (Å²) in [4.78, 5) is 0. The number of sulfonamides is 1. The molecule has 0 amide bonds. The molecule has 198 valence electrons. The van der Waals surface area contributed by atoms with E-state index in [1.165, 1.54) is 29.0 Å². The van der Waals surface area contributed by atoms with Crippen molar-refractivity contribution in [3.63, 3.8) is 0 Å². The van der Waals surface area contributed by atoms with Crippen LogP contribution in [0.2, 0.25) is 0 Å². The van der Waals surface area contributed by atoms with Crippen LogP contribution in [0, 0.1) is 0 Å². The molecule has 35 heavy (non-hydrogen) atoms. The van der Waals surface area contributed by atoms with E-state index in [1.54, 1.807) is 7.05 Å². The zero-order valence-electron chi connectivity index (χ0n) is 20.4. The molecule has 2 aromatic carbocycles. The van der Waals surface area contributed by atoms with Crippen molar-refractivity contribution in [1.29, 1.82) is 0 Å². The molecule has 2 atom stereocenters. The van der Waals surface area contributed by atoms with Crippen LogP contribution in [0.3, 0.4) is 0 Å². The Kier molecular flexibility index (Phi) is 12.8. The van der Waals surface area contributed by atoms with Crippen LogP contribution in [-0.2, 0) is 16.6 Å². The molecule has 2 aromatic rings. The first-order valence-corrected chi connectivity index (χ1v) is 13.5. The summed E-state index contributed by atoms with van der Waals surface area (Å²) in [5.74, 6) is 0.857. The summed E-state index contributed by atoms with van der Waals surface area (Å²) in [5.41, 5.74) is 2.95. The van der Waals surface area contributed by atoms with Gasteiger partial charge in [-0.1, -0.05) is 30.3 Å². The van der Waals surface area contributed by atoms with Crippen molar-refractivity contribution >= 4 is 40.5 Å². The predicted molar refractivity (Wildman–Crippen MR) is 148 cm³/mol. The van der Waals surface area contributed by atoms with Gasteiger partial charge in [0.05, 0.1) is 18.0 Å². The standard InChI is InChI=1S/C25H35N3O3S.2ClH.H2O/c1-28(32(2,29)30)21-14-15-24(31-22-11-6-7-12-22)20(17-21)18-27-23-13-8-16-26-25(23)19-9-4-3-5-10-19;;;/h3-5,9-10,14-15,17,22-23,25-27H,6-8,11-13,16,18H2,1-2H3;2*1H;1H2/t23-,25-;;;/m1.../s1. The maximum absolute atomic E-state index is 12.1. The Bertz CT molecular complexity index is 1010. The molecule has 1 saturated heterocycles. The molecule has 1 aliphatic carbocycles. The Morgan fingerprint density at radius 3 is 2.37 bits per heavy atom. The van der Waals surface area contributed by atoms with E-state index in [0.29, 0.717) is 18.3 Å². The lowest BCUT2D eigenvalue weighted by Gasteiger charge is -2.34. The van der Waals surface area contributed by atoms with Crippen LogP contribution in [0.4, 0.5) is 5.69 Å². The highest BCUT2D eigenvalue weighted by atomic mass is 35.5. The molecule has 4 N–H and O–H groups in total. The van der Waals surface area contributed by atoms with Crippen LogP contribution in [0.5, 0.6) is 5.75 Å². The van der Waals surface area contributed by atoms with Gasteiger partial charge in [0.25, 0.3) is 0 Å². The predicted octanol–water partition coefficient (Wildman–Crippen LogP) is 4.01. The van der Waals surface area contributed by atoms with Gasteiger partial charge < -0.3 is 20.8 Å². The number of hydrogen-bond donors (Lipinski definition) is 2. The van der Waals surface area contributed by atoms with Crippen molar-refractivity contribution in [3.8, 4) is 5.75 Å². The highest BCUT2D eigenvalue weighted by molar-refractivity contribution is 7.92. The molecular weight excluding hydrogens is 509 g/mol. The number of piperidine rings is 1. The number of rotatable bonds is 8. The van der Waals surface area contributed by atoms with Crippen molar-refractivity contribution in [2.75, 3.05) is 24.2 Å². The summed E-state index contributed by atoms with van der Waals surface area (Å²) >= 11 is 0. The van der Waals surface area contributed by atoms with E-state index in [9.17, 15) is 8.42 Å². The summed E-state index contributed by atoms with van der Waals surface area (Å²) in [7, 11) is -1.73. The summed E-state index contributed by atoms with van der Waals surface area (Å²) in [6, 6.07) is 16.8. The van der Waals surface area contributed by atoms with Crippen molar-refractivity contribution < 1.29 is 18.6 Å². The van der Waals surface area contributed by atoms with Crippen molar-refractivity contribution in [2.45, 2.75) is 63.3 Å². The van der Waals surface area contributed by atoms with Gasteiger partial charge in [0.1, 0.15) is 5.75 Å². The molecule has 1 aliphatic heterocycles. The van der Waals surface area contributed by atoms with Crippen LogP contribution < -0.4 is 19.7 Å². The van der Waals surface area contributed by atoms with Gasteiger partial charge in [-0.3, -0.25) is 4.31 Å². The van der Waals surface area contributed by atoms with E-state index in [2.05, 4.69) is 34.9 Å². The van der Waals surface area contributed by atoms with Gasteiger partial charge in [0.15, 0.2) is 0 Å². The highest BCUT2D eigenvalue weighted by Crippen LogP contribution is 2.31. The first-order chi connectivity index (χ1) is 15.4. The first-order valence-electron chi connectivity index (χ1n) is 11.7. The van der Waals surface area contributed by atoms with E-state index in [4.69, 9.17) is 4.74 Å². The molecule has 10 heteroatoms. The number of halogens is 2. The number of benzene rings is 2. The summed E-state index contributed by atoms with van der Waals surface area (Å²) in [6.07, 6.45) is 8.28. The smallest absolute Gasteiger partial charge is 0.231 e. The number of hydrogen-bond acceptors (Lipinski definition) is 5. The minimum Gasteiger partial charge on any atom is -0.490 e. The quantitative estimate of drug-likeness (QED) is 0.519. The van der Waals surface area contributed by atoms with Gasteiger partial charge in [0.2, 0.25) is 10.0 Å². The van der Waals surface area contributed by atoms with Gasteiger partial charge in [-0.15, -0.1) is 24.8 Å². The molecule has 0 radical (unpaired) electrons. The van der Waals surface area contributed by atoms with Gasteiger partial charge in [0, 0.05) is 31.2 Å². The third-order valence-corrected chi connectivity index (χ3v) is 7.88. The third-order valence-electron chi connectivity index (χ3n) is 6.67. The molecule has 1 saturated carbocycles. The largest absolute Gasteiger partial charge is 0.490 e. The molecule has 0 aromatic heterocycles. The fourth-order valence-corrected chi connectivity index (χ4v) is 5.25. The molecule has 0 spiro atoms. The van der Waals surface area contributed by atoms with E-state index in [0.717, 1.165) is 43.5 Å². The monoisotopic (exact) mass is 547 g/mol. The van der Waals surface area contributed by atoms with Crippen molar-refractivity contribution in [2.24, 2.45) is 0 Å². The third kappa shape index (κ3) is 8.23. The summed E-state index contributed by atoms with van der Waals surface area (Å²) in [6.45, 7) is 1.64. The molecular formula is C25H39Cl2N3O4S. The topological polar surface area (TPSA) is 102 Å². The molecule has 2 fully saturated rings. The second-order valence-corrected chi connectivity index (χ2v) is 11.0. The van der Waals surface area contributed by atoms with E-state index in [-0.39, 0.29) is 42.4 Å². The second-order valence-electron chi connectivity index (χ2n) is 9.02. The lowest BCUT2D eigenvalue weighted by Crippen LogP contribution is -2.45. The Labute approximate surface area is 222 Å². The Morgan fingerprint density at radius 2 is 1.71 bits per heavy atom. The second kappa shape index (κ2) is 14.3. The van der Waals surface area contributed by atoms with E-state index in [1.807, 2.05) is 24.3 Å². The molecule has 0 bridgehead atoms. The lowest BCUT2D eigenvalue weighted by atomic mass is 9.92. The highest BCUT2D eigenvalue weighted by Gasteiger charge is 2.26. The summed E-state index contributed by atoms with van der Waals surface area (Å²) in [5, 5.41) is 7.41. The Hall–Kier alpha value is -1.55. The first kappa shape index (κ1) is 31.5. The van der Waals surface area contributed by atoms with Crippen LogP contribution in [0.15, 0.2) is 48.5 Å². The molecule has 7 nitrogen and oxygen atoms in total. The van der Waals surface area contributed by atoms with Gasteiger partial charge in [-0.05, 0) is 68.8 Å². The van der Waals surface area contributed by atoms with Crippen LogP contribution in [-0.4, -0.2) is 45.9 Å². The number of nitrogens with zero attached hydrogens (tertiary/aromatic N) is 1. The maximum atomic E-state index is 12.1. The minimum absolute atomic E-state index is 0. The summed E-state index contributed by atoms with van der Waals surface area (Å²) < 4.78 is 31.8. The molecule has 1 heterocycles. The van der Waals surface area contributed by atoms with Gasteiger partial charge in [-0.2, -0.15) is 0 Å². The van der Waals surface area contributed by atoms with Gasteiger partial charge >= 0.3 is 0 Å². The fraction of sp³-hybridized carbons (Fsp3) is 0.520.